The Kier molecular flexibility index (Phi) is 3.84. The van der Waals surface area contributed by atoms with Crippen LogP contribution >= 0.6 is 11.6 Å². The fraction of sp³-hybridized carbons (Fsp3) is 0.143. The summed E-state index contributed by atoms with van der Waals surface area (Å²) in [4.78, 5) is 0. The van der Waals surface area contributed by atoms with E-state index in [1.54, 1.807) is 0 Å². The first kappa shape index (κ1) is 11.0. The lowest BCUT2D eigenvalue weighted by Crippen LogP contribution is -2.00. The van der Waals surface area contributed by atoms with E-state index in [0.717, 1.165) is 12.2 Å². The van der Waals surface area contributed by atoms with Crippen LogP contribution in [0, 0.1) is 0 Å². The van der Waals surface area contributed by atoms with Crippen LogP contribution in [0.2, 0.25) is 5.02 Å². The zero-order valence-electron chi connectivity index (χ0n) is 8.90. The topological polar surface area (TPSA) is 9.23 Å². The molecule has 0 heterocycles. The second-order valence-corrected chi connectivity index (χ2v) is 3.98. The van der Waals surface area contributed by atoms with Gasteiger partial charge in [0.05, 0.1) is 6.61 Å². The monoisotopic (exact) mass is 232 g/mol. The van der Waals surface area contributed by atoms with Gasteiger partial charge in [-0.2, -0.15) is 0 Å². The predicted molar refractivity (Wildman–Crippen MR) is 67.1 cm³/mol. The molecule has 82 valence electrons. The Hall–Kier alpha value is -1.47. The number of halogens is 1. The van der Waals surface area contributed by atoms with Crippen LogP contribution in [0.4, 0.5) is 0 Å². The summed E-state index contributed by atoms with van der Waals surface area (Å²) in [7, 11) is 0. The summed E-state index contributed by atoms with van der Waals surface area (Å²) < 4.78 is 5.61. The average Bonchev–Trinajstić information content (AvgIpc) is 2.30. The van der Waals surface area contributed by atoms with Crippen LogP contribution in [-0.4, -0.2) is 6.61 Å². The summed E-state index contributed by atoms with van der Waals surface area (Å²) in [6.07, 6.45) is 0.910. The molecular formula is C14H13ClO. The van der Waals surface area contributed by atoms with Gasteiger partial charge < -0.3 is 4.74 Å². The van der Waals surface area contributed by atoms with E-state index in [4.69, 9.17) is 16.3 Å². The van der Waals surface area contributed by atoms with Gasteiger partial charge >= 0.3 is 0 Å². The molecule has 0 aliphatic heterocycles. The fourth-order valence-electron chi connectivity index (χ4n) is 1.49. The molecule has 0 N–H and O–H groups in total. The van der Waals surface area contributed by atoms with E-state index in [9.17, 15) is 0 Å². The highest BCUT2D eigenvalue weighted by atomic mass is 35.5. The summed E-state index contributed by atoms with van der Waals surface area (Å²) in [5, 5.41) is 0.706. The van der Waals surface area contributed by atoms with Crippen LogP contribution in [0.3, 0.4) is 0 Å². The van der Waals surface area contributed by atoms with Crippen LogP contribution < -0.4 is 4.74 Å². The minimum Gasteiger partial charge on any atom is -0.493 e. The van der Waals surface area contributed by atoms with Gasteiger partial charge in [0.15, 0.2) is 0 Å². The molecule has 0 saturated carbocycles. The van der Waals surface area contributed by atoms with E-state index in [-0.39, 0.29) is 0 Å². The molecule has 2 heteroatoms. The molecule has 0 aromatic heterocycles. The first-order chi connectivity index (χ1) is 7.84. The molecule has 0 spiro atoms. The highest BCUT2D eigenvalue weighted by molar-refractivity contribution is 6.30. The molecule has 0 saturated heterocycles. The SMILES string of the molecule is Clc1cccc(OCCc2ccccc2)c1. The second kappa shape index (κ2) is 5.57. The smallest absolute Gasteiger partial charge is 0.120 e. The van der Waals surface area contributed by atoms with E-state index in [0.29, 0.717) is 11.6 Å². The van der Waals surface area contributed by atoms with Gasteiger partial charge in [0.1, 0.15) is 5.75 Å². The van der Waals surface area contributed by atoms with Crippen molar-refractivity contribution in [3.8, 4) is 5.75 Å². The molecule has 0 bridgehead atoms. The molecular weight excluding hydrogens is 220 g/mol. The minimum atomic E-state index is 0.671. The molecule has 0 aliphatic carbocycles. The van der Waals surface area contributed by atoms with Gasteiger partial charge in [-0.15, -0.1) is 0 Å². The molecule has 2 rings (SSSR count). The summed E-state index contributed by atoms with van der Waals surface area (Å²) in [6, 6.07) is 17.8. The van der Waals surface area contributed by atoms with Gasteiger partial charge in [-0.3, -0.25) is 0 Å². The highest BCUT2D eigenvalue weighted by Crippen LogP contribution is 2.17. The van der Waals surface area contributed by atoms with Gasteiger partial charge in [0.2, 0.25) is 0 Å². The lowest BCUT2D eigenvalue weighted by Gasteiger charge is -2.06. The standard InChI is InChI=1S/C14H13ClO/c15-13-7-4-8-14(11-13)16-10-9-12-5-2-1-3-6-12/h1-8,11H,9-10H2. The lowest BCUT2D eigenvalue weighted by atomic mass is 10.2. The Bertz CT molecular complexity index is 439. The van der Waals surface area contributed by atoms with Gasteiger partial charge in [0, 0.05) is 11.4 Å². The van der Waals surface area contributed by atoms with E-state index in [2.05, 4.69) is 12.1 Å². The highest BCUT2D eigenvalue weighted by Gasteiger charge is 1.95. The van der Waals surface area contributed by atoms with E-state index < -0.39 is 0 Å². The number of benzene rings is 2. The Morgan fingerprint density at radius 1 is 0.938 bits per heavy atom. The maximum Gasteiger partial charge on any atom is 0.120 e. The van der Waals surface area contributed by atoms with Crippen molar-refractivity contribution < 1.29 is 4.74 Å². The third-order valence-corrected chi connectivity index (χ3v) is 2.53. The number of ether oxygens (including phenoxy) is 1. The third-order valence-electron chi connectivity index (χ3n) is 2.30. The average molecular weight is 233 g/mol. The summed E-state index contributed by atoms with van der Waals surface area (Å²) in [5.74, 6) is 0.823. The van der Waals surface area contributed by atoms with Crippen molar-refractivity contribution in [3.63, 3.8) is 0 Å². The van der Waals surface area contributed by atoms with Crippen LogP contribution in [0.15, 0.2) is 54.6 Å². The van der Waals surface area contributed by atoms with Gasteiger partial charge in [0.25, 0.3) is 0 Å². The van der Waals surface area contributed by atoms with E-state index in [1.807, 2.05) is 42.5 Å². The molecule has 0 atom stereocenters. The zero-order valence-corrected chi connectivity index (χ0v) is 9.65. The summed E-state index contributed by atoms with van der Waals surface area (Å²) in [5.41, 5.74) is 1.28. The Balaban J connectivity index is 1.85. The molecule has 0 radical (unpaired) electrons. The van der Waals surface area contributed by atoms with Crippen molar-refractivity contribution in [1.29, 1.82) is 0 Å². The lowest BCUT2D eigenvalue weighted by molar-refractivity contribution is 0.322. The van der Waals surface area contributed by atoms with Crippen molar-refractivity contribution >= 4 is 11.6 Å². The zero-order chi connectivity index (χ0) is 11.2. The molecule has 16 heavy (non-hydrogen) atoms. The van der Waals surface area contributed by atoms with Crippen molar-refractivity contribution in [2.75, 3.05) is 6.61 Å². The third kappa shape index (κ3) is 3.28. The van der Waals surface area contributed by atoms with Crippen molar-refractivity contribution in [1.82, 2.24) is 0 Å². The maximum absolute atomic E-state index is 5.86. The first-order valence-corrected chi connectivity index (χ1v) is 5.65. The summed E-state index contributed by atoms with van der Waals surface area (Å²) in [6.45, 7) is 0.671. The van der Waals surface area contributed by atoms with E-state index in [1.165, 1.54) is 5.56 Å². The molecule has 2 aromatic carbocycles. The number of hydrogen-bond acceptors (Lipinski definition) is 1. The molecule has 0 fully saturated rings. The van der Waals surface area contributed by atoms with Crippen LogP contribution in [-0.2, 0) is 6.42 Å². The summed E-state index contributed by atoms with van der Waals surface area (Å²) >= 11 is 5.86. The van der Waals surface area contributed by atoms with Crippen LogP contribution in [0.5, 0.6) is 5.75 Å². The molecule has 0 unspecified atom stereocenters. The first-order valence-electron chi connectivity index (χ1n) is 5.27. The Labute approximate surface area is 101 Å². The van der Waals surface area contributed by atoms with Crippen molar-refractivity contribution in [2.45, 2.75) is 6.42 Å². The van der Waals surface area contributed by atoms with Crippen LogP contribution in [0.1, 0.15) is 5.56 Å². The van der Waals surface area contributed by atoms with Gasteiger partial charge in [-0.05, 0) is 23.8 Å². The van der Waals surface area contributed by atoms with Gasteiger partial charge in [-0.1, -0.05) is 48.0 Å². The van der Waals surface area contributed by atoms with Crippen LogP contribution in [0.25, 0.3) is 0 Å². The Morgan fingerprint density at radius 3 is 2.50 bits per heavy atom. The number of rotatable bonds is 4. The number of hydrogen-bond donors (Lipinski definition) is 0. The Morgan fingerprint density at radius 2 is 1.75 bits per heavy atom. The minimum absolute atomic E-state index is 0.671. The molecule has 1 nitrogen and oxygen atoms in total. The maximum atomic E-state index is 5.86. The predicted octanol–water partition coefficient (Wildman–Crippen LogP) is 3.96. The second-order valence-electron chi connectivity index (χ2n) is 3.54. The fourth-order valence-corrected chi connectivity index (χ4v) is 1.67. The van der Waals surface area contributed by atoms with Gasteiger partial charge in [-0.25, -0.2) is 0 Å². The largest absolute Gasteiger partial charge is 0.493 e. The van der Waals surface area contributed by atoms with Crippen molar-refractivity contribution in [3.05, 3.63) is 65.2 Å². The quantitative estimate of drug-likeness (QED) is 0.775. The molecule has 0 amide bonds. The molecule has 2 aromatic rings. The normalized spacial score (nSPS) is 10.1. The van der Waals surface area contributed by atoms with Crippen molar-refractivity contribution in [2.24, 2.45) is 0 Å². The van der Waals surface area contributed by atoms with E-state index >= 15 is 0 Å². The molecule has 0 aliphatic rings.